The van der Waals surface area contributed by atoms with Crippen LogP contribution in [0.2, 0.25) is 5.04 Å². The number of aromatic nitrogens is 2. The van der Waals surface area contributed by atoms with Gasteiger partial charge in [-0.05, 0) is 15.4 Å². The van der Waals surface area contributed by atoms with E-state index in [1.165, 1.54) is 23.8 Å². The molecule has 1 fully saturated rings. The van der Waals surface area contributed by atoms with Gasteiger partial charge in [0.25, 0.3) is 13.9 Å². The molecular weight excluding hydrogens is 488 g/mol. The Balaban J connectivity index is 1.72. The summed E-state index contributed by atoms with van der Waals surface area (Å²) >= 11 is 0. The van der Waals surface area contributed by atoms with Crippen LogP contribution in [0.15, 0.2) is 82.5 Å². The summed E-state index contributed by atoms with van der Waals surface area (Å²) in [5, 5.41) is 2.07. The van der Waals surface area contributed by atoms with Gasteiger partial charge >= 0.3 is 11.7 Å². The van der Waals surface area contributed by atoms with Crippen LogP contribution in [-0.2, 0) is 18.7 Å². The molecule has 2 heterocycles. The lowest BCUT2D eigenvalue weighted by molar-refractivity contribution is -0.153. The van der Waals surface area contributed by atoms with Crippen LogP contribution in [0.1, 0.15) is 40.8 Å². The molecule has 0 amide bonds. The molecule has 1 aliphatic rings. The first kappa shape index (κ1) is 26.8. The summed E-state index contributed by atoms with van der Waals surface area (Å²) in [5.74, 6) is -0.748. The van der Waals surface area contributed by atoms with Crippen molar-refractivity contribution in [2.45, 2.75) is 58.1 Å². The van der Waals surface area contributed by atoms with E-state index < -0.39 is 44.0 Å². The van der Waals surface area contributed by atoms with Crippen LogP contribution in [0.5, 0.6) is 0 Å². The van der Waals surface area contributed by atoms with Gasteiger partial charge in [0.15, 0.2) is 12.3 Å². The van der Waals surface area contributed by atoms with Crippen molar-refractivity contribution < 1.29 is 18.7 Å². The van der Waals surface area contributed by atoms with E-state index in [2.05, 4.69) is 50.0 Å². The molecule has 0 aliphatic carbocycles. The zero-order chi connectivity index (χ0) is 26.8. The van der Waals surface area contributed by atoms with Gasteiger partial charge in [0.05, 0.1) is 12.7 Å². The molecular formula is C28H34N2O6Si. The molecule has 0 radical (unpaired) electrons. The van der Waals surface area contributed by atoms with Crippen LogP contribution < -0.4 is 21.6 Å². The number of nitrogens with one attached hydrogen (secondary N) is 1. The number of esters is 1. The summed E-state index contributed by atoms with van der Waals surface area (Å²) in [5.41, 5.74) is -1.14. The fourth-order valence-electron chi connectivity index (χ4n) is 5.22. The Labute approximate surface area is 217 Å². The molecule has 4 rings (SSSR count). The lowest BCUT2D eigenvalue weighted by Gasteiger charge is -2.43. The molecule has 3 aromatic rings. The number of carbonyl (C=O) groups excluding carboxylic acids is 1. The van der Waals surface area contributed by atoms with E-state index in [0.717, 1.165) is 10.4 Å². The maximum atomic E-state index is 12.6. The highest BCUT2D eigenvalue weighted by Crippen LogP contribution is 2.40. The van der Waals surface area contributed by atoms with Crippen molar-refractivity contribution in [2.24, 2.45) is 5.92 Å². The predicted molar refractivity (Wildman–Crippen MR) is 144 cm³/mol. The van der Waals surface area contributed by atoms with Crippen LogP contribution in [0.4, 0.5) is 0 Å². The molecule has 1 N–H and O–H groups in total. The maximum Gasteiger partial charge on any atom is 0.330 e. The second-order valence-corrected chi connectivity index (χ2v) is 14.8. The van der Waals surface area contributed by atoms with E-state index in [1.54, 1.807) is 0 Å². The van der Waals surface area contributed by atoms with Gasteiger partial charge in [0.1, 0.15) is 0 Å². The van der Waals surface area contributed by atoms with Crippen molar-refractivity contribution in [3.63, 3.8) is 0 Å². The molecule has 0 bridgehead atoms. The average Bonchev–Trinajstić information content (AvgIpc) is 3.14. The second-order valence-electron chi connectivity index (χ2n) is 10.5. The first-order valence-electron chi connectivity index (χ1n) is 12.4. The number of ether oxygens (including phenoxy) is 2. The molecule has 4 atom stereocenters. The minimum absolute atomic E-state index is 0.220. The topological polar surface area (TPSA) is 99.6 Å². The summed E-state index contributed by atoms with van der Waals surface area (Å²) < 4.78 is 20.2. The predicted octanol–water partition coefficient (Wildman–Crippen LogP) is 2.58. The van der Waals surface area contributed by atoms with Crippen LogP contribution in [0, 0.1) is 5.92 Å². The standard InChI is InChI=1S/C28H34N2O6Si/c1-19-23(36-26(25(19)35-20(2)31)30-17-16-24(32)29-27(30)33)18-34-37(28(3,4)5,21-12-8-6-9-13-21)22-14-10-7-11-15-22/h6-17,19,23,25-26H,18H2,1-5H3,(H,29,32,33)/t19-,23-,25-,26-/m1/s1. The van der Waals surface area contributed by atoms with Crippen LogP contribution in [0.25, 0.3) is 0 Å². The highest BCUT2D eigenvalue weighted by atomic mass is 28.4. The highest BCUT2D eigenvalue weighted by Gasteiger charge is 2.52. The lowest BCUT2D eigenvalue weighted by atomic mass is 10.0. The Hall–Kier alpha value is -3.27. The summed E-state index contributed by atoms with van der Waals surface area (Å²) in [6, 6.07) is 21.8. The van der Waals surface area contributed by atoms with Crippen LogP contribution in [-0.4, -0.2) is 42.7 Å². The number of hydrogen-bond donors (Lipinski definition) is 1. The van der Waals surface area contributed by atoms with E-state index in [-0.39, 0.29) is 17.6 Å². The normalized spacial score (nSPS) is 22.1. The Morgan fingerprint density at radius 3 is 2.05 bits per heavy atom. The molecule has 37 heavy (non-hydrogen) atoms. The van der Waals surface area contributed by atoms with E-state index in [9.17, 15) is 14.4 Å². The number of aromatic amines is 1. The van der Waals surface area contributed by atoms with E-state index >= 15 is 0 Å². The minimum atomic E-state index is -2.82. The first-order valence-corrected chi connectivity index (χ1v) is 14.3. The van der Waals surface area contributed by atoms with Gasteiger partial charge in [0.2, 0.25) is 0 Å². The fourth-order valence-corrected chi connectivity index (χ4v) is 9.79. The smallest absolute Gasteiger partial charge is 0.330 e. The largest absolute Gasteiger partial charge is 0.457 e. The number of nitrogens with zero attached hydrogens (tertiary/aromatic N) is 1. The lowest BCUT2D eigenvalue weighted by Crippen LogP contribution is -2.67. The molecule has 8 nitrogen and oxygen atoms in total. The maximum absolute atomic E-state index is 12.6. The average molecular weight is 523 g/mol. The van der Waals surface area contributed by atoms with E-state index in [1.807, 2.05) is 43.3 Å². The highest BCUT2D eigenvalue weighted by molar-refractivity contribution is 6.99. The molecule has 0 spiro atoms. The number of benzene rings is 2. The Morgan fingerprint density at radius 2 is 1.57 bits per heavy atom. The van der Waals surface area contributed by atoms with Crippen LogP contribution >= 0.6 is 0 Å². The summed E-state index contributed by atoms with van der Waals surface area (Å²) in [6.07, 6.45) is -0.722. The number of carbonyl (C=O) groups is 1. The first-order chi connectivity index (χ1) is 17.5. The van der Waals surface area contributed by atoms with Crippen molar-refractivity contribution in [1.82, 2.24) is 9.55 Å². The molecule has 0 saturated carbocycles. The molecule has 9 heteroatoms. The third-order valence-electron chi connectivity index (χ3n) is 7.01. The van der Waals surface area contributed by atoms with Gasteiger partial charge < -0.3 is 13.9 Å². The van der Waals surface area contributed by atoms with Crippen molar-refractivity contribution >= 4 is 24.7 Å². The van der Waals surface area contributed by atoms with E-state index in [0.29, 0.717) is 0 Å². The van der Waals surface area contributed by atoms with Gasteiger partial charge in [-0.25, -0.2) is 4.79 Å². The van der Waals surface area contributed by atoms with Gasteiger partial charge in [0, 0.05) is 25.1 Å². The number of hydrogen-bond acceptors (Lipinski definition) is 6. The summed E-state index contributed by atoms with van der Waals surface area (Å²) in [7, 11) is -2.82. The number of H-pyrrole nitrogens is 1. The molecule has 1 aromatic heterocycles. The zero-order valence-corrected chi connectivity index (χ0v) is 22.8. The number of rotatable bonds is 7. The van der Waals surface area contributed by atoms with Crippen LogP contribution in [0.3, 0.4) is 0 Å². The minimum Gasteiger partial charge on any atom is -0.457 e. The quantitative estimate of drug-likeness (QED) is 0.378. The van der Waals surface area contributed by atoms with Gasteiger partial charge in [-0.15, -0.1) is 0 Å². The molecule has 1 aliphatic heterocycles. The third kappa shape index (κ3) is 5.25. The fraction of sp³-hybridized carbons (Fsp3) is 0.393. The Bertz CT molecular complexity index is 1290. The van der Waals surface area contributed by atoms with Crippen molar-refractivity contribution in [3.8, 4) is 0 Å². The SMILES string of the molecule is CC(=O)O[C@@H]1[C@H](C)[C@@H](CO[Si](c2ccccc2)(c2ccccc2)C(C)(C)C)O[C@H]1n1ccc(=O)[nH]c1=O. The molecule has 1 saturated heterocycles. The third-order valence-corrected chi connectivity index (χ3v) is 12.0. The summed E-state index contributed by atoms with van der Waals surface area (Å²) in [4.78, 5) is 38.3. The van der Waals surface area contributed by atoms with Gasteiger partial charge in [-0.1, -0.05) is 88.4 Å². The molecule has 0 unspecified atom stereocenters. The summed E-state index contributed by atoms with van der Waals surface area (Å²) in [6.45, 7) is 10.1. The Morgan fingerprint density at radius 1 is 1.00 bits per heavy atom. The zero-order valence-electron chi connectivity index (χ0n) is 21.8. The molecule has 2 aromatic carbocycles. The monoisotopic (exact) mass is 522 g/mol. The van der Waals surface area contributed by atoms with Crippen molar-refractivity contribution in [2.75, 3.05) is 6.61 Å². The van der Waals surface area contributed by atoms with Gasteiger partial charge in [-0.3, -0.25) is 19.1 Å². The molecule has 196 valence electrons. The Kier molecular flexibility index (Phi) is 7.68. The van der Waals surface area contributed by atoms with E-state index in [4.69, 9.17) is 13.9 Å². The van der Waals surface area contributed by atoms with Crippen molar-refractivity contribution in [1.29, 1.82) is 0 Å². The second kappa shape index (κ2) is 10.6. The van der Waals surface area contributed by atoms with Crippen molar-refractivity contribution in [3.05, 3.63) is 93.8 Å². The van der Waals surface area contributed by atoms with Gasteiger partial charge in [-0.2, -0.15) is 0 Å².